The fourth-order valence-corrected chi connectivity index (χ4v) is 6.93. The van der Waals surface area contributed by atoms with Gasteiger partial charge in [-0.05, 0) is 42.4 Å². The summed E-state index contributed by atoms with van der Waals surface area (Å²) in [5, 5.41) is 0. The van der Waals surface area contributed by atoms with Crippen LogP contribution >= 0.6 is 0 Å². The molecule has 2 aliphatic rings. The lowest BCUT2D eigenvalue weighted by Crippen LogP contribution is -2.59. The van der Waals surface area contributed by atoms with E-state index in [1.165, 1.54) is 4.31 Å². The number of nitrogens with two attached hydrogens (primary N) is 1. The third-order valence-electron chi connectivity index (χ3n) is 6.40. The van der Waals surface area contributed by atoms with Crippen molar-refractivity contribution in [3.8, 4) is 0 Å². The van der Waals surface area contributed by atoms with Crippen LogP contribution in [0.3, 0.4) is 0 Å². The molecule has 0 saturated carbocycles. The molecular formula is C20H31N3O6S2. The van der Waals surface area contributed by atoms with Crippen molar-refractivity contribution in [2.75, 3.05) is 32.6 Å². The van der Waals surface area contributed by atoms with Crippen LogP contribution in [0.5, 0.6) is 0 Å². The molecule has 2 fully saturated rings. The van der Waals surface area contributed by atoms with Gasteiger partial charge in [-0.2, -0.15) is 0 Å². The van der Waals surface area contributed by atoms with Crippen molar-refractivity contribution in [2.24, 2.45) is 5.73 Å². The third kappa shape index (κ3) is 5.11. The molecule has 2 saturated heterocycles. The molecule has 0 spiro atoms. The van der Waals surface area contributed by atoms with Gasteiger partial charge in [-0.25, -0.2) is 25.9 Å². The minimum absolute atomic E-state index is 0.0900. The highest BCUT2D eigenvalue weighted by atomic mass is 32.2. The molecule has 174 valence electrons. The zero-order chi connectivity index (χ0) is 22.9. The summed E-state index contributed by atoms with van der Waals surface area (Å²) in [6.07, 6.45) is 2.59. The Balaban J connectivity index is 1.69. The van der Waals surface area contributed by atoms with Crippen LogP contribution in [0.15, 0.2) is 18.2 Å². The number of nitrogens with zero attached hydrogens (tertiary/aromatic N) is 1. The number of primary amides is 1. The lowest BCUT2D eigenvalue weighted by molar-refractivity contribution is -0.123. The van der Waals surface area contributed by atoms with E-state index in [0.717, 1.165) is 22.9 Å². The number of piperidine rings is 1. The average Bonchev–Trinajstić information content (AvgIpc) is 2.72. The molecule has 0 aliphatic carbocycles. The highest BCUT2D eigenvalue weighted by molar-refractivity contribution is 7.91. The standard InChI is InChI=1S/C20H31N3O6S2/c1-15-13-17(3-4-18(15)14-22-30(2,25)26)16-5-9-23(10-6-16)31(27,28)20(19(21)24)7-11-29-12-8-20/h3-4,13,16,22H,5-12,14H2,1-2H3,(H2,21,24). The Labute approximate surface area is 184 Å². The summed E-state index contributed by atoms with van der Waals surface area (Å²) >= 11 is 0. The predicted molar refractivity (Wildman–Crippen MR) is 117 cm³/mol. The molecule has 31 heavy (non-hydrogen) atoms. The summed E-state index contributed by atoms with van der Waals surface area (Å²) in [5.41, 5.74) is 8.54. The van der Waals surface area contributed by atoms with Gasteiger partial charge in [0.05, 0.1) is 6.26 Å². The summed E-state index contributed by atoms with van der Waals surface area (Å²) in [5.74, 6) is -0.604. The first-order chi connectivity index (χ1) is 14.5. The van der Waals surface area contributed by atoms with Gasteiger partial charge in [0.15, 0.2) is 4.75 Å². The van der Waals surface area contributed by atoms with Gasteiger partial charge in [-0.3, -0.25) is 4.79 Å². The Morgan fingerprint density at radius 3 is 2.32 bits per heavy atom. The lowest BCUT2D eigenvalue weighted by Gasteiger charge is -2.40. The third-order valence-corrected chi connectivity index (χ3v) is 9.71. The summed E-state index contributed by atoms with van der Waals surface area (Å²) in [7, 11) is -7.14. The van der Waals surface area contributed by atoms with Gasteiger partial charge in [0.1, 0.15) is 0 Å². The second-order valence-electron chi connectivity index (χ2n) is 8.43. The number of hydrogen-bond donors (Lipinski definition) is 2. The highest BCUT2D eigenvalue weighted by Gasteiger charge is 2.53. The first-order valence-corrected chi connectivity index (χ1v) is 13.7. The van der Waals surface area contributed by atoms with Crippen molar-refractivity contribution in [3.05, 3.63) is 34.9 Å². The highest BCUT2D eigenvalue weighted by Crippen LogP contribution is 2.36. The Morgan fingerprint density at radius 1 is 1.19 bits per heavy atom. The maximum Gasteiger partial charge on any atom is 0.240 e. The largest absolute Gasteiger partial charge is 0.381 e. The fourth-order valence-electron chi connectivity index (χ4n) is 4.39. The molecule has 0 atom stereocenters. The van der Waals surface area contributed by atoms with Crippen molar-refractivity contribution in [3.63, 3.8) is 0 Å². The lowest BCUT2D eigenvalue weighted by atomic mass is 9.88. The number of aryl methyl sites for hydroxylation is 1. The summed E-state index contributed by atoms with van der Waals surface area (Å²) in [6.45, 7) is 3.25. The molecule has 1 aromatic rings. The van der Waals surface area contributed by atoms with Crippen molar-refractivity contribution >= 4 is 26.0 Å². The quantitative estimate of drug-likeness (QED) is 0.595. The molecule has 2 heterocycles. The monoisotopic (exact) mass is 473 g/mol. The molecule has 3 N–H and O–H groups in total. The number of rotatable bonds is 7. The molecule has 1 amide bonds. The number of benzene rings is 1. The molecule has 1 aromatic carbocycles. The SMILES string of the molecule is Cc1cc(C2CCN(S(=O)(=O)C3(C(N)=O)CCOCC3)CC2)ccc1CNS(C)(=O)=O. The summed E-state index contributed by atoms with van der Waals surface area (Å²) < 4.78 is 56.9. The van der Waals surface area contributed by atoms with Gasteiger partial charge in [0, 0.05) is 45.7 Å². The number of sulfonamides is 2. The zero-order valence-electron chi connectivity index (χ0n) is 18.0. The van der Waals surface area contributed by atoms with E-state index in [-0.39, 0.29) is 38.5 Å². The number of amides is 1. The van der Waals surface area contributed by atoms with E-state index in [0.29, 0.717) is 25.9 Å². The molecule has 11 heteroatoms. The number of nitrogens with one attached hydrogen (secondary N) is 1. The Morgan fingerprint density at radius 2 is 1.81 bits per heavy atom. The molecular weight excluding hydrogens is 442 g/mol. The maximum atomic E-state index is 13.3. The number of hydrogen-bond acceptors (Lipinski definition) is 6. The second kappa shape index (κ2) is 9.14. The van der Waals surface area contributed by atoms with E-state index >= 15 is 0 Å². The topological polar surface area (TPSA) is 136 Å². The van der Waals surface area contributed by atoms with E-state index in [2.05, 4.69) is 4.72 Å². The van der Waals surface area contributed by atoms with E-state index in [9.17, 15) is 21.6 Å². The van der Waals surface area contributed by atoms with E-state index in [4.69, 9.17) is 10.5 Å². The first kappa shape index (κ1) is 24.1. The summed E-state index contributed by atoms with van der Waals surface area (Å²) in [4.78, 5) is 12.2. The molecule has 0 radical (unpaired) electrons. The van der Waals surface area contributed by atoms with Gasteiger partial charge in [0.2, 0.25) is 26.0 Å². The minimum Gasteiger partial charge on any atom is -0.381 e. The minimum atomic E-state index is -3.87. The van der Waals surface area contributed by atoms with Gasteiger partial charge in [-0.15, -0.1) is 0 Å². The second-order valence-corrected chi connectivity index (χ2v) is 12.5. The Hall–Kier alpha value is -1.53. The van der Waals surface area contributed by atoms with Crippen LogP contribution in [-0.4, -0.2) is 64.4 Å². The molecule has 0 unspecified atom stereocenters. The number of ether oxygens (including phenoxy) is 1. The molecule has 0 bridgehead atoms. The number of carbonyl (C=O) groups is 1. The first-order valence-electron chi connectivity index (χ1n) is 10.4. The maximum absolute atomic E-state index is 13.3. The van der Waals surface area contributed by atoms with Crippen molar-refractivity contribution < 1.29 is 26.4 Å². The van der Waals surface area contributed by atoms with E-state index < -0.39 is 30.7 Å². The molecule has 3 rings (SSSR count). The van der Waals surface area contributed by atoms with Crippen LogP contribution in [0, 0.1) is 6.92 Å². The Kier molecular flexibility index (Phi) is 7.11. The van der Waals surface area contributed by atoms with Crippen molar-refractivity contribution in [2.45, 2.75) is 49.8 Å². The van der Waals surface area contributed by atoms with Gasteiger partial charge >= 0.3 is 0 Å². The Bertz CT molecular complexity index is 1020. The normalized spacial score (nSPS) is 21.1. The van der Waals surface area contributed by atoms with Crippen LogP contribution in [0.2, 0.25) is 0 Å². The summed E-state index contributed by atoms with van der Waals surface area (Å²) in [6, 6.07) is 5.93. The molecule has 9 nitrogen and oxygen atoms in total. The van der Waals surface area contributed by atoms with Crippen LogP contribution in [0.1, 0.15) is 48.3 Å². The fraction of sp³-hybridized carbons (Fsp3) is 0.650. The van der Waals surface area contributed by atoms with E-state index in [1.54, 1.807) is 0 Å². The predicted octanol–water partition coefficient (Wildman–Crippen LogP) is 0.588. The van der Waals surface area contributed by atoms with Gasteiger partial charge < -0.3 is 10.5 Å². The zero-order valence-corrected chi connectivity index (χ0v) is 19.6. The van der Waals surface area contributed by atoms with Gasteiger partial charge in [0.25, 0.3) is 0 Å². The van der Waals surface area contributed by atoms with Crippen LogP contribution < -0.4 is 10.5 Å². The smallest absolute Gasteiger partial charge is 0.240 e. The molecule has 0 aromatic heterocycles. The van der Waals surface area contributed by atoms with Gasteiger partial charge in [-0.1, -0.05) is 18.2 Å². The van der Waals surface area contributed by atoms with Crippen LogP contribution in [0.25, 0.3) is 0 Å². The van der Waals surface area contributed by atoms with Crippen molar-refractivity contribution in [1.29, 1.82) is 0 Å². The van der Waals surface area contributed by atoms with Crippen LogP contribution in [0.4, 0.5) is 0 Å². The van der Waals surface area contributed by atoms with E-state index in [1.807, 2.05) is 25.1 Å². The average molecular weight is 474 g/mol. The molecule has 2 aliphatic heterocycles. The number of carbonyl (C=O) groups excluding carboxylic acids is 1. The van der Waals surface area contributed by atoms with Crippen molar-refractivity contribution in [1.82, 2.24) is 9.03 Å². The van der Waals surface area contributed by atoms with Crippen LogP contribution in [-0.2, 0) is 36.1 Å².